The fourth-order valence-corrected chi connectivity index (χ4v) is 3.45. The van der Waals surface area contributed by atoms with Gasteiger partial charge in [0.2, 0.25) is 0 Å². The standard InChI is InChI=1S/C18H18BrNO3/c1-22-15-10-13(11-16(23-2)17(15)19)18(21)20-9-5-7-12-6-3-4-8-14(12)20/h3-4,6,8,10-11H,5,7,9H2,1-2H3. The lowest BCUT2D eigenvalue weighted by Gasteiger charge is -2.29. The number of fused-ring (bicyclic) bond motifs is 1. The van der Waals surface area contributed by atoms with Crippen LogP contribution in [0.15, 0.2) is 40.9 Å². The molecule has 120 valence electrons. The summed E-state index contributed by atoms with van der Waals surface area (Å²) in [5.74, 6) is 1.12. The van der Waals surface area contributed by atoms with E-state index >= 15 is 0 Å². The average molecular weight is 376 g/mol. The monoisotopic (exact) mass is 375 g/mol. The van der Waals surface area contributed by atoms with Crippen LogP contribution in [-0.2, 0) is 6.42 Å². The van der Waals surface area contributed by atoms with Crippen LogP contribution in [0.5, 0.6) is 11.5 Å². The molecule has 0 saturated carbocycles. The number of carbonyl (C=O) groups is 1. The van der Waals surface area contributed by atoms with E-state index in [2.05, 4.69) is 22.0 Å². The fraction of sp³-hybridized carbons (Fsp3) is 0.278. The number of para-hydroxylation sites is 1. The summed E-state index contributed by atoms with van der Waals surface area (Å²) in [7, 11) is 3.15. The van der Waals surface area contributed by atoms with E-state index in [1.165, 1.54) is 5.56 Å². The average Bonchev–Trinajstić information content (AvgIpc) is 2.60. The molecule has 1 aliphatic rings. The molecule has 0 atom stereocenters. The van der Waals surface area contributed by atoms with Gasteiger partial charge in [-0.05, 0) is 52.5 Å². The van der Waals surface area contributed by atoms with Gasteiger partial charge in [0.05, 0.1) is 14.2 Å². The lowest BCUT2D eigenvalue weighted by atomic mass is 10.0. The second kappa shape index (κ2) is 6.62. The number of rotatable bonds is 3. The van der Waals surface area contributed by atoms with Gasteiger partial charge in [-0.25, -0.2) is 0 Å². The Morgan fingerprint density at radius 2 is 1.78 bits per heavy atom. The predicted molar refractivity (Wildman–Crippen MR) is 93.7 cm³/mol. The van der Waals surface area contributed by atoms with Crippen molar-refractivity contribution in [1.82, 2.24) is 0 Å². The maximum atomic E-state index is 13.0. The zero-order valence-corrected chi connectivity index (χ0v) is 14.7. The first-order valence-corrected chi connectivity index (χ1v) is 8.26. The van der Waals surface area contributed by atoms with Crippen LogP contribution in [0, 0.1) is 0 Å². The molecule has 0 unspecified atom stereocenters. The molecule has 0 spiro atoms. The summed E-state index contributed by atoms with van der Waals surface area (Å²) in [5, 5.41) is 0. The molecule has 2 aromatic rings. The Balaban J connectivity index is 2.02. The van der Waals surface area contributed by atoms with Gasteiger partial charge in [-0.15, -0.1) is 0 Å². The van der Waals surface area contributed by atoms with Crippen LogP contribution in [-0.4, -0.2) is 26.7 Å². The van der Waals surface area contributed by atoms with Crippen LogP contribution >= 0.6 is 15.9 Å². The number of ether oxygens (including phenoxy) is 2. The third-order valence-electron chi connectivity index (χ3n) is 4.05. The van der Waals surface area contributed by atoms with Gasteiger partial charge in [0.15, 0.2) is 0 Å². The third kappa shape index (κ3) is 2.93. The highest BCUT2D eigenvalue weighted by Gasteiger charge is 2.25. The van der Waals surface area contributed by atoms with Crippen LogP contribution in [0.2, 0.25) is 0 Å². The number of amides is 1. The smallest absolute Gasteiger partial charge is 0.258 e. The predicted octanol–water partition coefficient (Wildman–Crippen LogP) is 4.06. The molecule has 2 aromatic carbocycles. The molecule has 23 heavy (non-hydrogen) atoms. The SMILES string of the molecule is COc1cc(C(=O)N2CCCc3ccccc32)cc(OC)c1Br. The highest BCUT2D eigenvalue weighted by Crippen LogP contribution is 2.37. The number of carbonyl (C=O) groups excluding carboxylic acids is 1. The number of hydrogen-bond donors (Lipinski definition) is 0. The molecule has 1 amide bonds. The topological polar surface area (TPSA) is 38.8 Å². The van der Waals surface area contributed by atoms with Crippen molar-refractivity contribution >= 4 is 27.5 Å². The zero-order valence-electron chi connectivity index (χ0n) is 13.1. The number of methoxy groups -OCH3 is 2. The van der Waals surface area contributed by atoms with Crippen LogP contribution in [0.3, 0.4) is 0 Å². The van der Waals surface area contributed by atoms with Crippen molar-refractivity contribution in [3.05, 3.63) is 52.0 Å². The van der Waals surface area contributed by atoms with Crippen molar-refractivity contribution in [2.75, 3.05) is 25.7 Å². The van der Waals surface area contributed by atoms with E-state index in [0.29, 0.717) is 21.5 Å². The van der Waals surface area contributed by atoms with Gasteiger partial charge in [-0.1, -0.05) is 18.2 Å². The number of anilines is 1. The van der Waals surface area contributed by atoms with Gasteiger partial charge in [0.1, 0.15) is 16.0 Å². The molecular weight excluding hydrogens is 358 g/mol. The van der Waals surface area contributed by atoms with E-state index in [-0.39, 0.29) is 5.91 Å². The quantitative estimate of drug-likeness (QED) is 0.811. The van der Waals surface area contributed by atoms with E-state index in [1.54, 1.807) is 26.4 Å². The van der Waals surface area contributed by atoms with Crippen molar-refractivity contribution in [2.45, 2.75) is 12.8 Å². The molecule has 0 bridgehead atoms. The minimum absolute atomic E-state index is 0.0405. The van der Waals surface area contributed by atoms with Crippen molar-refractivity contribution in [1.29, 1.82) is 0 Å². The summed E-state index contributed by atoms with van der Waals surface area (Å²) >= 11 is 3.43. The summed E-state index contributed by atoms with van der Waals surface area (Å²) in [6, 6.07) is 11.5. The Morgan fingerprint density at radius 3 is 2.43 bits per heavy atom. The lowest BCUT2D eigenvalue weighted by molar-refractivity contribution is 0.0984. The first-order chi connectivity index (χ1) is 11.2. The van der Waals surface area contributed by atoms with E-state index in [4.69, 9.17) is 9.47 Å². The molecule has 4 nitrogen and oxygen atoms in total. The maximum Gasteiger partial charge on any atom is 0.258 e. The van der Waals surface area contributed by atoms with Crippen LogP contribution in [0.25, 0.3) is 0 Å². The Labute approximate surface area is 144 Å². The van der Waals surface area contributed by atoms with Gasteiger partial charge >= 0.3 is 0 Å². The number of halogens is 1. The number of hydrogen-bond acceptors (Lipinski definition) is 3. The largest absolute Gasteiger partial charge is 0.495 e. The van der Waals surface area contributed by atoms with Crippen molar-refractivity contribution in [2.24, 2.45) is 0 Å². The first-order valence-electron chi connectivity index (χ1n) is 7.47. The van der Waals surface area contributed by atoms with E-state index in [0.717, 1.165) is 25.1 Å². The zero-order chi connectivity index (χ0) is 16.4. The molecule has 0 N–H and O–H groups in total. The molecule has 1 aliphatic heterocycles. The molecular formula is C18H18BrNO3. The highest BCUT2D eigenvalue weighted by atomic mass is 79.9. The van der Waals surface area contributed by atoms with Gasteiger partial charge in [0, 0.05) is 17.8 Å². The van der Waals surface area contributed by atoms with E-state index < -0.39 is 0 Å². The van der Waals surface area contributed by atoms with Crippen molar-refractivity contribution in [3.63, 3.8) is 0 Å². The molecule has 0 aromatic heterocycles. The summed E-state index contributed by atoms with van der Waals surface area (Å²) in [6.07, 6.45) is 1.97. The number of nitrogens with zero attached hydrogens (tertiary/aromatic N) is 1. The van der Waals surface area contributed by atoms with Gasteiger partial charge in [-0.2, -0.15) is 0 Å². The Bertz CT molecular complexity index is 720. The van der Waals surface area contributed by atoms with Crippen molar-refractivity contribution < 1.29 is 14.3 Å². The van der Waals surface area contributed by atoms with Crippen LogP contribution in [0.1, 0.15) is 22.3 Å². The number of benzene rings is 2. The van der Waals surface area contributed by atoms with Gasteiger partial charge in [0.25, 0.3) is 5.91 Å². The van der Waals surface area contributed by atoms with Gasteiger partial charge in [-0.3, -0.25) is 4.79 Å². The lowest BCUT2D eigenvalue weighted by Crippen LogP contribution is -2.35. The summed E-state index contributed by atoms with van der Waals surface area (Å²) in [6.45, 7) is 0.719. The molecule has 0 fully saturated rings. The highest BCUT2D eigenvalue weighted by molar-refractivity contribution is 9.10. The van der Waals surface area contributed by atoms with E-state index in [1.807, 2.05) is 23.1 Å². The Kier molecular flexibility index (Phi) is 4.57. The number of aryl methyl sites for hydroxylation is 1. The Hall–Kier alpha value is -2.01. The van der Waals surface area contributed by atoms with Crippen LogP contribution < -0.4 is 14.4 Å². The molecule has 0 saturated heterocycles. The molecule has 3 rings (SSSR count). The third-order valence-corrected chi connectivity index (χ3v) is 4.83. The minimum atomic E-state index is -0.0405. The molecule has 5 heteroatoms. The first kappa shape index (κ1) is 15.9. The van der Waals surface area contributed by atoms with Gasteiger partial charge < -0.3 is 14.4 Å². The summed E-state index contributed by atoms with van der Waals surface area (Å²) < 4.78 is 11.4. The minimum Gasteiger partial charge on any atom is -0.495 e. The molecule has 1 heterocycles. The second-order valence-corrected chi connectivity index (χ2v) is 6.18. The maximum absolute atomic E-state index is 13.0. The normalized spacial score (nSPS) is 13.4. The summed E-state index contributed by atoms with van der Waals surface area (Å²) in [5.41, 5.74) is 2.76. The van der Waals surface area contributed by atoms with Crippen molar-refractivity contribution in [3.8, 4) is 11.5 Å². The van der Waals surface area contributed by atoms with E-state index in [9.17, 15) is 4.79 Å². The molecule has 0 radical (unpaired) electrons. The Morgan fingerprint density at radius 1 is 1.13 bits per heavy atom. The summed E-state index contributed by atoms with van der Waals surface area (Å²) in [4.78, 5) is 14.8. The molecule has 0 aliphatic carbocycles. The van der Waals surface area contributed by atoms with Crippen LogP contribution in [0.4, 0.5) is 5.69 Å². The fourth-order valence-electron chi connectivity index (χ4n) is 2.89. The second-order valence-electron chi connectivity index (χ2n) is 5.38.